The van der Waals surface area contributed by atoms with Gasteiger partial charge in [0.05, 0.1) is 0 Å². The topological polar surface area (TPSA) is 58.1 Å². The van der Waals surface area contributed by atoms with Crippen LogP contribution in [0.5, 0.6) is 0 Å². The number of hydrogen-bond acceptors (Lipinski definition) is 4. The smallest absolute Gasteiger partial charge is 0.223 e. The zero-order valence-corrected chi connectivity index (χ0v) is 15.1. The zero-order chi connectivity index (χ0) is 17.0. The number of nitrogens with one attached hydrogen (secondary N) is 1. The molecule has 1 aliphatic rings. The number of piperidine rings is 1. The Labute approximate surface area is 139 Å². The van der Waals surface area contributed by atoms with Crippen molar-refractivity contribution in [3.63, 3.8) is 0 Å². The predicted molar refractivity (Wildman–Crippen MR) is 93.8 cm³/mol. The number of anilines is 1. The van der Waals surface area contributed by atoms with Crippen molar-refractivity contribution in [1.29, 1.82) is 0 Å². The molecule has 2 rings (SSSR count). The molecule has 1 saturated heterocycles. The van der Waals surface area contributed by atoms with E-state index in [1.54, 1.807) is 0 Å². The molecule has 1 aromatic rings. The Morgan fingerprint density at radius 1 is 1.22 bits per heavy atom. The van der Waals surface area contributed by atoms with Crippen molar-refractivity contribution in [2.24, 2.45) is 5.92 Å². The van der Waals surface area contributed by atoms with Crippen LogP contribution in [0.15, 0.2) is 6.07 Å². The summed E-state index contributed by atoms with van der Waals surface area (Å²) in [6.07, 6.45) is 1.79. The van der Waals surface area contributed by atoms with E-state index in [1.807, 2.05) is 6.92 Å². The van der Waals surface area contributed by atoms with Crippen molar-refractivity contribution in [1.82, 2.24) is 15.3 Å². The van der Waals surface area contributed by atoms with Crippen molar-refractivity contribution in [3.8, 4) is 0 Å². The molecule has 5 nitrogen and oxygen atoms in total. The van der Waals surface area contributed by atoms with Crippen LogP contribution in [0, 0.1) is 5.92 Å². The number of hydrogen-bond donors (Lipinski definition) is 1. The summed E-state index contributed by atoms with van der Waals surface area (Å²) in [4.78, 5) is 23.7. The van der Waals surface area contributed by atoms with E-state index in [-0.39, 0.29) is 11.8 Å². The zero-order valence-electron chi connectivity index (χ0n) is 15.1. The molecule has 0 aromatic carbocycles. The van der Waals surface area contributed by atoms with Crippen molar-refractivity contribution in [2.75, 3.05) is 24.5 Å². The van der Waals surface area contributed by atoms with Crippen LogP contribution in [0.2, 0.25) is 0 Å². The van der Waals surface area contributed by atoms with Crippen LogP contribution in [0.3, 0.4) is 0 Å². The minimum absolute atomic E-state index is 0.141. The molecule has 1 aliphatic heterocycles. The van der Waals surface area contributed by atoms with Crippen LogP contribution in [-0.2, 0) is 4.79 Å². The van der Waals surface area contributed by atoms with Gasteiger partial charge >= 0.3 is 0 Å². The molecular weight excluding hydrogens is 288 g/mol. The van der Waals surface area contributed by atoms with E-state index >= 15 is 0 Å². The van der Waals surface area contributed by atoms with Crippen molar-refractivity contribution < 1.29 is 4.79 Å². The normalized spacial score (nSPS) is 16.2. The second-order valence-corrected chi connectivity index (χ2v) is 6.97. The maximum atomic E-state index is 12.0. The van der Waals surface area contributed by atoms with Gasteiger partial charge < -0.3 is 10.2 Å². The highest BCUT2D eigenvalue weighted by Crippen LogP contribution is 2.26. The highest BCUT2D eigenvalue weighted by atomic mass is 16.1. The lowest BCUT2D eigenvalue weighted by atomic mass is 9.96. The third-order valence-electron chi connectivity index (χ3n) is 4.40. The van der Waals surface area contributed by atoms with Crippen LogP contribution < -0.4 is 10.2 Å². The summed E-state index contributed by atoms with van der Waals surface area (Å²) in [6, 6.07) is 2.11. The van der Waals surface area contributed by atoms with E-state index in [9.17, 15) is 4.79 Å². The van der Waals surface area contributed by atoms with E-state index in [1.165, 1.54) is 0 Å². The van der Waals surface area contributed by atoms with Gasteiger partial charge in [-0.15, -0.1) is 0 Å². The predicted octanol–water partition coefficient (Wildman–Crippen LogP) is 3.08. The third-order valence-corrected chi connectivity index (χ3v) is 4.40. The van der Waals surface area contributed by atoms with Gasteiger partial charge in [0, 0.05) is 43.2 Å². The molecule has 0 spiro atoms. The fourth-order valence-corrected chi connectivity index (χ4v) is 2.88. The molecule has 1 fully saturated rings. The Morgan fingerprint density at radius 2 is 1.87 bits per heavy atom. The quantitative estimate of drug-likeness (QED) is 0.906. The number of rotatable bonds is 5. The van der Waals surface area contributed by atoms with Gasteiger partial charge in [-0.3, -0.25) is 4.79 Å². The summed E-state index contributed by atoms with van der Waals surface area (Å²) in [5.41, 5.74) is 1.10. The molecule has 1 N–H and O–H groups in total. The van der Waals surface area contributed by atoms with Gasteiger partial charge in [-0.25, -0.2) is 9.97 Å². The molecule has 0 aliphatic carbocycles. The summed E-state index contributed by atoms with van der Waals surface area (Å²) in [5.74, 6) is 2.98. The van der Waals surface area contributed by atoms with Gasteiger partial charge in [-0.1, -0.05) is 27.7 Å². The number of carbonyl (C=O) groups is 1. The largest absolute Gasteiger partial charge is 0.356 e. The Bertz CT molecular complexity index is 508. The standard InChI is InChI=1S/C18H30N4O/c1-6-19-18(23)14-7-9-22(10-8-14)16-11-15(12(2)3)20-17(21-16)13(4)5/h11-14H,6-10H2,1-5H3,(H,19,23). The van der Waals surface area contributed by atoms with Crippen LogP contribution in [0.1, 0.15) is 70.8 Å². The lowest BCUT2D eigenvalue weighted by Gasteiger charge is -2.32. The van der Waals surface area contributed by atoms with E-state index in [0.29, 0.717) is 18.4 Å². The summed E-state index contributed by atoms with van der Waals surface area (Å²) in [5, 5.41) is 2.93. The molecule has 23 heavy (non-hydrogen) atoms. The highest BCUT2D eigenvalue weighted by molar-refractivity contribution is 5.78. The second-order valence-electron chi connectivity index (χ2n) is 6.97. The maximum absolute atomic E-state index is 12.0. The van der Waals surface area contributed by atoms with Gasteiger partial charge in [0.15, 0.2) is 0 Å². The number of carbonyl (C=O) groups excluding carboxylic acids is 1. The molecule has 128 valence electrons. The molecule has 0 bridgehead atoms. The molecule has 5 heteroatoms. The Kier molecular flexibility index (Phi) is 5.97. The molecule has 0 radical (unpaired) electrons. The number of nitrogens with zero attached hydrogens (tertiary/aromatic N) is 3. The van der Waals surface area contributed by atoms with Crippen LogP contribution in [-0.4, -0.2) is 35.5 Å². The Morgan fingerprint density at radius 3 is 2.39 bits per heavy atom. The van der Waals surface area contributed by atoms with E-state index in [4.69, 9.17) is 9.97 Å². The summed E-state index contributed by atoms with van der Waals surface area (Å²) in [7, 11) is 0. The van der Waals surface area contributed by atoms with Gasteiger partial charge in [-0.05, 0) is 25.7 Å². The lowest BCUT2D eigenvalue weighted by molar-refractivity contribution is -0.125. The summed E-state index contributed by atoms with van der Waals surface area (Å²) in [6.45, 7) is 13.0. The Balaban J connectivity index is 2.12. The Hall–Kier alpha value is -1.65. The van der Waals surface area contributed by atoms with Gasteiger partial charge in [0.25, 0.3) is 0 Å². The minimum atomic E-state index is 0.141. The molecule has 1 aromatic heterocycles. The van der Waals surface area contributed by atoms with Gasteiger partial charge in [0.2, 0.25) is 5.91 Å². The van der Waals surface area contributed by atoms with Crippen molar-refractivity contribution >= 4 is 11.7 Å². The molecule has 1 amide bonds. The average Bonchev–Trinajstić information content (AvgIpc) is 2.54. The van der Waals surface area contributed by atoms with Crippen LogP contribution in [0.25, 0.3) is 0 Å². The van der Waals surface area contributed by atoms with E-state index in [0.717, 1.165) is 43.3 Å². The number of amides is 1. The second kappa shape index (κ2) is 7.75. The van der Waals surface area contributed by atoms with Crippen molar-refractivity contribution in [2.45, 2.75) is 59.3 Å². The first-order valence-electron chi connectivity index (χ1n) is 8.83. The lowest BCUT2D eigenvalue weighted by Crippen LogP contribution is -2.41. The van der Waals surface area contributed by atoms with Crippen molar-refractivity contribution in [3.05, 3.63) is 17.6 Å². The van der Waals surface area contributed by atoms with Crippen LogP contribution in [0.4, 0.5) is 5.82 Å². The molecule has 0 saturated carbocycles. The third kappa shape index (κ3) is 4.43. The monoisotopic (exact) mass is 318 g/mol. The highest BCUT2D eigenvalue weighted by Gasteiger charge is 2.26. The van der Waals surface area contributed by atoms with Gasteiger partial charge in [-0.2, -0.15) is 0 Å². The van der Waals surface area contributed by atoms with E-state index < -0.39 is 0 Å². The molecular formula is C18H30N4O. The minimum Gasteiger partial charge on any atom is -0.356 e. The molecule has 0 atom stereocenters. The summed E-state index contributed by atoms with van der Waals surface area (Å²) >= 11 is 0. The maximum Gasteiger partial charge on any atom is 0.223 e. The first-order chi connectivity index (χ1) is 10.9. The number of aromatic nitrogens is 2. The SMILES string of the molecule is CCNC(=O)C1CCN(c2cc(C(C)C)nc(C(C)C)n2)CC1. The van der Waals surface area contributed by atoms with Gasteiger partial charge in [0.1, 0.15) is 11.6 Å². The first kappa shape index (κ1) is 17.7. The summed E-state index contributed by atoms with van der Waals surface area (Å²) < 4.78 is 0. The average molecular weight is 318 g/mol. The molecule has 0 unspecified atom stereocenters. The van der Waals surface area contributed by atoms with Crippen LogP contribution >= 0.6 is 0 Å². The first-order valence-corrected chi connectivity index (χ1v) is 8.83. The fraction of sp³-hybridized carbons (Fsp3) is 0.722. The fourth-order valence-electron chi connectivity index (χ4n) is 2.88. The molecule has 2 heterocycles. The van der Waals surface area contributed by atoms with E-state index in [2.05, 4.69) is 44.0 Å².